The Morgan fingerprint density at radius 1 is 1.08 bits per heavy atom. The standard InChI is InChI=1S/C28H23ClN2O4S/c1-3-14-35-20-11-8-18(9-12-20)25(32)23-24(17-6-4-16(2)5-7-17)31(27(34)26(23)33)28-30-21-13-10-19(29)15-22(21)36-28/h4-13,15,24,32H,3,14H2,1-2H3. The van der Waals surface area contributed by atoms with Crippen LogP contribution in [0, 0.1) is 6.92 Å². The van der Waals surface area contributed by atoms with Gasteiger partial charge in [-0.2, -0.15) is 0 Å². The Morgan fingerprint density at radius 2 is 1.81 bits per heavy atom. The van der Waals surface area contributed by atoms with Crippen LogP contribution in [0.25, 0.3) is 16.0 Å². The molecule has 1 saturated heterocycles. The number of benzene rings is 3. The number of aryl methyl sites for hydroxylation is 1. The summed E-state index contributed by atoms with van der Waals surface area (Å²) in [6.07, 6.45) is 0.875. The number of fused-ring (bicyclic) bond motifs is 1. The van der Waals surface area contributed by atoms with Gasteiger partial charge in [-0.25, -0.2) is 4.98 Å². The summed E-state index contributed by atoms with van der Waals surface area (Å²) in [5.41, 5.74) is 2.84. The molecule has 2 heterocycles. The average Bonchev–Trinajstić information content (AvgIpc) is 3.40. The summed E-state index contributed by atoms with van der Waals surface area (Å²) in [6, 6.07) is 18.8. The lowest BCUT2D eigenvalue weighted by Gasteiger charge is -2.23. The van der Waals surface area contributed by atoms with Crippen molar-refractivity contribution < 1.29 is 19.4 Å². The van der Waals surface area contributed by atoms with Crippen LogP contribution in [0.3, 0.4) is 0 Å². The molecular formula is C28H23ClN2O4S. The lowest BCUT2D eigenvalue weighted by Crippen LogP contribution is -2.29. The number of anilines is 1. The largest absolute Gasteiger partial charge is 0.507 e. The lowest BCUT2D eigenvalue weighted by molar-refractivity contribution is -0.132. The molecule has 1 amide bonds. The Morgan fingerprint density at radius 3 is 2.50 bits per heavy atom. The third kappa shape index (κ3) is 4.36. The summed E-state index contributed by atoms with van der Waals surface area (Å²) in [5, 5.41) is 12.2. The molecule has 4 aromatic rings. The molecule has 6 nitrogen and oxygen atoms in total. The maximum atomic E-state index is 13.4. The summed E-state index contributed by atoms with van der Waals surface area (Å²) in [7, 11) is 0. The van der Waals surface area contributed by atoms with E-state index >= 15 is 0 Å². The van der Waals surface area contributed by atoms with Gasteiger partial charge in [-0.15, -0.1) is 0 Å². The number of thiazole rings is 1. The van der Waals surface area contributed by atoms with Crippen molar-refractivity contribution in [3.8, 4) is 5.75 Å². The van der Waals surface area contributed by atoms with Crippen molar-refractivity contribution in [2.24, 2.45) is 0 Å². The molecule has 1 aliphatic heterocycles. The van der Waals surface area contributed by atoms with E-state index in [2.05, 4.69) is 4.98 Å². The summed E-state index contributed by atoms with van der Waals surface area (Å²) in [4.78, 5) is 32.7. The molecule has 0 bridgehead atoms. The number of rotatable bonds is 6. The second-order valence-electron chi connectivity index (χ2n) is 8.56. The highest BCUT2D eigenvalue weighted by atomic mass is 35.5. The number of ketones is 1. The van der Waals surface area contributed by atoms with Crippen LogP contribution in [-0.4, -0.2) is 28.4 Å². The van der Waals surface area contributed by atoms with Gasteiger partial charge in [0.15, 0.2) is 5.13 Å². The number of aliphatic hydroxyl groups excluding tert-OH is 1. The van der Waals surface area contributed by atoms with Gasteiger partial charge in [0.2, 0.25) is 0 Å². The number of hydrogen-bond acceptors (Lipinski definition) is 6. The Hall–Kier alpha value is -3.68. The minimum Gasteiger partial charge on any atom is -0.507 e. The van der Waals surface area contributed by atoms with E-state index in [4.69, 9.17) is 16.3 Å². The van der Waals surface area contributed by atoms with Gasteiger partial charge in [-0.05, 0) is 61.4 Å². The van der Waals surface area contributed by atoms with Gasteiger partial charge in [0, 0.05) is 10.6 Å². The number of aliphatic hydroxyl groups is 1. The fraction of sp³-hybridized carbons (Fsp3) is 0.179. The molecule has 0 spiro atoms. The number of halogens is 1. The van der Waals surface area contributed by atoms with Crippen LogP contribution < -0.4 is 9.64 Å². The van der Waals surface area contributed by atoms with Crippen molar-refractivity contribution in [2.45, 2.75) is 26.3 Å². The van der Waals surface area contributed by atoms with Crippen LogP contribution in [0.1, 0.15) is 36.1 Å². The number of nitrogens with zero attached hydrogens (tertiary/aromatic N) is 2. The van der Waals surface area contributed by atoms with Gasteiger partial charge in [-0.3, -0.25) is 14.5 Å². The molecule has 1 atom stereocenters. The van der Waals surface area contributed by atoms with E-state index in [1.807, 2.05) is 38.1 Å². The number of carbonyl (C=O) groups is 2. The lowest BCUT2D eigenvalue weighted by atomic mass is 9.95. The number of ether oxygens (including phenoxy) is 1. The fourth-order valence-electron chi connectivity index (χ4n) is 4.17. The Balaban J connectivity index is 1.65. The monoisotopic (exact) mass is 518 g/mol. The number of carbonyl (C=O) groups excluding carboxylic acids is 2. The molecule has 3 aromatic carbocycles. The van der Waals surface area contributed by atoms with E-state index in [1.54, 1.807) is 42.5 Å². The molecule has 5 rings (SSSR count). The van der Waals surface area contributed by atoms with Crippen molar-refractivity contribution in [1.29, 1.82) is 0 Å². The number of Topliss-reactive ketones (excluding diaryl/α,β-unsaturated/α-hetero) is 1. The maximum Gasteiger partial charge on any atom is 0.301 e. The minimum absolute atomic E-state index is 0.0170. The number of amides is 1. The average molecular weight is 519 g/mol. The van der Waals surface area contributed by atoms with Crippen molar-refractivity contribution in [1.82, 2.24) is 4.98 Å². The van der Waals surface area contributed by atoms with Gasteiger partial charge in [0.25, 0.3) is 5.78 Å². The summed E-state index contributed by atoms with van der Waals surface area (Å²) in [5.74, 6) is -1.08. The van der Waals surface area contributed by atoms with E-state index in [0.29, 0.717) is 39.2 Å². The van der Waals surface area contributed by atoms with Crippen molar-refractivity contribution in [3.63, 3.8) is 0 Å². The Bertz CT molecular complexity index is 1490. The zero-order valence-electron chi connectivity index (χ0n) is 19.7. The molecular weight excluding hydrogens is 496 g/mol. The van der Waals surface area contributed by atoms with Gasteiger partial charge in [0.05, 0.1) is 28.4 Å². The molecule has 36 heavy (non-hydrogen) atoms. The maximum absolute atomic E-state index is 13.4. The predicted octanol–water partition coefficient (Wildman–Crippen LogP) is 6.67. The minimum atomic E-state index is -0.836. The zero-order valence-corrected chi connectivity index (χ0v) is 21.3. The molecule has 0 radical (unpaired) electrons. The third-order valence-corrected chi connectivity index (χ3v) is 7.24. The van der Waals surface area contributed by atoms with Crippen LogP contribution >= 0.6 is 22.9 Å². The SMILES string of the molecule is CCCOc1ccc(C(O)=C2C(=O)C(=O)N(c3nc4ccc(Cl)cc4s3)C2c2ccc(C)cc2)cc1. The highest BCUT2D eigenvalue weighted by Crippen LogP contribution is 2.44. The van der Waals surface area contributed by atoms with Crippen molar-refractivity contribution >= 4 is 55.7 Å². The Kier molecular flexibility index (Phi) is 6.51. The van der Waals surface area contributed by atoms with E-state index in [9.17, 15) is 14.7 Å². The van der Waals surface area contributed by atoms with Crippen molar-refractivity contribution in [3.05, 3.63) is 94.0 Å². The van der Waals surface area contributed by atoms with Gasteiger partial charge in [0.1, 0.15) is 11.5 Å². The van der Waals surface area contributed by atoms with Crippen LogP contribution in [-0.2, 0) is 9.59 Å². The fourth-order valence-corrected chi connectivity index (χ4v) is 5.44. The smallest absolute Gasteiger partial charge is 0.301 e. The van der Waals surface area contributed by atoms with E-state index in [0.717, 1.165) is 16.7 Å². The molecule has 8 heteroatoms. The third-order valence-electron chi connectivity index (χ3n) is 5.98. The van der Waals surface area contributed by atoms with Gasteiger partial charge >= 0.3 is 5.91 Å². The van der Waals surface area contributed by atoms with Crippen LogP contribution in [0.5, 0.6) is 5.75 Å². The first-order valence-electron chi connectivity index (χ1n) is 11.5. The second kappa shape index (κ2) is 9.76. The second-order valence-corrected chi connectivity index (χ2v) is 10.0. The van der Waals surface area contributed by atoms with Crippen molar-refractivity contribution in [2.75, 3.05) is 11.5 Å². The first kappa shape index (κ1) is 24.0. The molecule has 0 aliphatic carbocycles. The van der Waals surface area contributed by atoms with Crippen LogP contribution in [0.2, 0.25) is 5.02 Å². The summed E-state index contributed by atoms with van der Waals surface area (Å²) < 4.78 is 6.42. The highest BCUT2D eigenvalue weighted by Gasteiger charge is 2.48. The van der Waals surface area contributed by atoms with Crippen LogP contribution in [0.4, 0.5) is 5.13 Å². The topological polar surface area (TPSA) is 79.7 Å². The molecule has 1 aliphatic rings. The molecule has 1 unspecified atom stereocenters. The van der Waals surface area contributed by atoms with E-state index in [-0.39, 0.29) is 11.3 Å². The Labute approximate surface area is 217 Å². The number of hydrogen-bond donors (Lipinski definition) is 1. The molecule has 1 N–H and O–H groups in total. The molecule has 182 valence electrons. The van der Waals surface area contributed by atoms with E-state index in [1.165, 1.54) is 16.2 Å². The zero-order chi connectivity index (χ0) is 25.4. The summed E-state index contributed by atoms with van der Waals surface area (Å²) in [6.45, 7) is 4.56. The quantitative estimate of drug-likeness (QED) is 0.175. The highest BCUT2D eigenvalue weighted by molar-refractivity contribution is 7.22. The number of aromatic nitrogens is 1. The first-order chi connectivity index (χ1) is 17.4. The molecule has 1 fully saturated rings. The predicted molar refractivity (Wildman–Crippen MR) is 143 cm³/mol. The van der Waals surface area contributed by atoms with Crippen LogP contribution in [0.15, 0.2) is 72.3 Å². The van der Waals surface area contributed by atoms with Gasteiger partial charge in [-0.1, -0.05) is 59.7 Å². The van der Waals surface area contributed by atoms with Gasteiger partial charge < -0.3 is 9.84 Å². The molecule has 0 saturated carbocycles. The normalized spacial score (nSPS) is 17.2. The first-order valence-corrected chi connectivity index (χ1v) is 12.7. The summed E-state index contributed by atoms with van der Waals surface area (Å²) >= 11 is 7.42. The molecule has 1 aromatic heterocycles. The van der Waals surface area contributed by atoms with E-state index < -0.39 is 17.7 Å².